The predicted molar refractivity (Wildman–Crippen MR) is 109 cm³/mol. The molecule has 2 rings (SSSR count). The number of nitrogens with zero attached hydrogens (tertiary/aromatic N) is 1. The highest BCUT2D eigenvalue weighted by atomic mass is 19.1. The molecule has 2 N–H and O–H groups in total. The molecule has 6 heteroatoms. The molecule has 0 aliphatic carbocycles. The quantitative estimate of drug-likeness (QED) is 0.692. The van der Waals surface area contributed by atoms with Crippen molar-refractivity contribution < 1.29 is 14.0 Å². The zero-order chi connectivity index (χ0) is 20.5. The lowest BCUT2D eigenvalue weighted by molar-refractivity contribution is -0.124. The molecule has 0 aliphatic heterocycles. The number of carbonyl (C=O) groups excluding carboxylic acids is 2. The molecule has 1 unspecified atom stereocenters. The fourth-order valence-corrected chi connectivity index (χ4v) is 2.96. The first kappa shape index (κ1) is 21.6. The third kappa shape index (κ3) is 6.78. The van der Waals surface area contributed by atoms with Crippen molar-refractivity contribution in [2.24, 2.45) is 0 Å². The van der Waals surface area contributed by atoms with Gasteiger partial charge >= 0.3 is 0 Å². The van der Waals surface area contributed by atoms with Gasteiger partial charge < -0.3 is 10.6 Å². The number of carbonyl (C=O) groups is 2. The first-order valence-corrected chi connectivity index (χ1v) is 9.51. The Bertz CT molecular complexity index is 793. The molecule has 0 radical (unpaired) electrons. The summed E-state index contributed by atoms with van der Waals surface area (Å²) in [5, 5.41) is 5.80. The Kier molecular flexibility index (Phi) is 8.14. The summed E-state index contributed by atoms with van der Waals surface area (Å²) in [6.07, 6.45) is 0.832. The minimum Gasteiger partial charge on any atom is -0.348 e. The highest BCUT2D eigenvalue weighted by molar-refractivity contribution is 5.93. The van der Waals surface area contributed by atoms with E-state index >= 15 is 0 Å². The maximum absolute atomic E-state index is 13.0. The molecule has 0 saturated carbocycles. The van der Waals surface area contributed by atoms with Crippen molar-refractivity contribution in [1.29, 1.82) is 0 Å². The van der Waals surface area contributed by atoms with Gasteiger partial charge in [-0.05, 0) is 56.1 Å². The van der Waals surface area contributed by atoms with E-state index in [1.54, 1.807) is 12.1 Å². The van der Waals surface area contributed by atoms with Crippen molar-refractivity contribution >= 4 is 17.5 Å². The lowest BCUT2D eigenvalue weighted by Crippen LogP contribution is -2.42. The number of benzene rings is 2. The average molecular weight is 385 g/mol. The van der Waals surface area contributed by atoms with E-state index in [1.807, 2.05) is 49.9 Å². The van der Waals surface area contributed by atoms with Crippen molar-refractivity contribution in [1.82, 2.24) is 10.2 Å². The Morgan fingerprint density at radius 2 is 1.68 bits per heavy atom. The van der Waals surface area contributed by atoms with Crippen LogP contribution in [-0.2, 0) is 9.59 Å². The minimum atomic E-state index is -0.309. The molecule has 0 saturated heterocycles. The number of hydrogen-bond donors (Lipinski definition) is 2. The van der Waals surface area contributed by atoms with E-state index in [4.69, 9.17) is 0 Å². The summed E-state index contributed by atoms with van der Waals surface area (Å²) in [4.78, 5) is 26.6. The van der Waals surface area contributed by atoms with Crippen LogP contribution in [0.3, 0.4) is 0 Å². The van der Waals surface area contributed by atoms with Gasteiger partial charge in [0.05, 0.1) is 19.1 Å². The zero-order valence-corrected chi connectivity index (χ0v) is 16.7. The van der Waals surface area contributed by atoms with Crippen LogP contribution in [0.2, 0.25) is 0 Å². The summed E-state index contributed by atoms with van der Waals surface area (Å²) in [5.41, 5.74) is 2.59. The smallest absolute Gasteiger partial charge is 0.238 e. The van der Waals surface area contributed by atoms with Crippen LogP contribution in [0.25, 0.3) is 0 Å². The molecule has 0 aromatic heterocycles. The van der Waals surface area contributed by atoms with Gasteiger partial charge in [0.15, 0.2) is 0 Å². The summed E-state index contributed by atoms with van der Waals surface area (Å²) < 4.78 is 13.0. The number of nitrogens with one attached hydrogen (secondary N) is 2. The van der Waals surface area contributed by atoms with E-state index in [0.717, 1.165) is 23.2 Å². The Labute approximate surface area is 165 Å². The fourth-order valence-electron chi connectivity index (χ4n) is 2.96. The number of anilines is 1. The van der Waals surface area contributed by atoms with Crippen LogP contribution >= 0.6 is 0 Å². The van der Waals surface area contributed by atoms with E-state index in [9.17, 15) is 14.0 Å². The molecular weight excluding hydrogens is 357 g/mol. The van der Waals surface area contributed by atoms with Gasteiger partial charge in [0.1, 0.15) is 5.82 Å². The normalized spacial score (nSPS) is 11.9. The SMILES string of the molecule is CCCN(CC(=O)Nc1ccccc1C)CC(=O)NC(C)c1ccc(F)cc1. The molecular formula is C22H28FN3O2. The molecule has 0 spiro atoms. The molecule has 1 atom stereocenters. The third-order valence-corrected chi connectivity index (χ3v) is 4.44. The Hall–Kier alpha value is -2.73. The number of amides is 2. The van der Waals surface area contributed by atoms with Gasteiger partial charge in [-0.1, -0.05) is 37.3 Å². The number of para-hydroxylation sites is 1. The molecule has 5 nitrogen and oxygen atoms in total. The fraction of sp³-hybridized carbons (Fsp3) is 0.364. The summed E-state index contributed by atoms with van der Waals surface area (Å²) in [7, 11) is 0. The molecule has 150 valence electrons. The average Bonchev–Trinajstić information content (AvgIpc) is 2.64. The van der Waals surface area contributed by atoms with E-state index in [2.05, 4.69) is 10.6 Å². The van der Waals surface area contributed by atoms with Crippen LogP contribution in [0.1, 0.15) is 37.4 Å². The van der Waals surface area contributed by atoms with Gasteiger partial charge in [0.2, 0.25) is 11.8 Å². The van der Waals surface area contributed by atoms with E-state index in [-0.39, 0.29) is 36.8 Å². The summed E-state index contributed by atoms with van der Waals surface area (Å²) in [6, 6.07) is 13.4. The van der Waals surface area contributed by atoms with Crippen molar-refractivity contribution in [3.05, 3.63) is 65.5 Å². The molecule has 0 fully saturated rings. The van der Waals surface area contributed by atoms with Crippen LogP contribution in [0, 0.1) is 12.7 Å². The first-order chi connectivity index (χ1) is 13.4. The maximum atomic E-state index is 13.0. The largest absolute Gasteiger partial charge is 0.348 e. The molecule has 2 aromatic rings. The first-order valence-electron chi connectivity index (χ1n) is 9.51. The van der Waals surface area contributed by atoms with E-state index < -0.39 is 0 Å². The Morgan fingerprint density at radius 1 is 1.04 bits per heavy atom. The van der Waals surface area contributed by atoms with Crippen LogP contribution in [0.5, 0.6) is 0 Å². The van der Waals surface area contributed by atoms with Gasteiger partial charge in [-0.2, -0.15) is 0 Å². The van der Waals surface area contributed by atoms with Crippen LogP contribution in [0.4, 0.5) is 10.1 Å². The molecule has 2 aromatic carbocycles. The predicted octanol–water partition coefficient (Wildman–Crippen LogP) is 3.66. The molecule has 0 bridgehead atoms. The highest BCUT2D eigenvalue weighted by Crippen LogP contribution is 2.14. The Balaban J connectivity index is 1.90. The topological polar surface area (TPSA) is 61.4 Å². The van der Waals surface area contributed by atoms with Crippen LogP contribution in [0.15, 0.2) is 48.5 Å². The second kappa shape index (κ2) is 10.6. The number of aryl methyl sites for hydroxylation is 1. The Morgan fingerprint density at radius 3 is 2.32 bits per heavy atom. The number of hydrogen-bond acceptors (Lipinski definition) is 3. The number of rotatable bonds is 9. The van der Waals surface area contributed by atoms with E-state index in [1.165, 1.54) is 12.1 Å². The van der Waals surface area contributed by atoms with Gasteiger partial charge in [0, 0.05) is 5.69 Å². The highest BCUT2D eigenvalue weighted by Gasteiger charge is 2.16. The van der Waals surface area contributed by atoms with Crippen molar-refractivity contribution in [3.8, 4) is 0 Å². The van der Waals surface area contributed by atoms with Gasteiger partial charge in [0.25, 0.3) is 0 Å². The molecule has 28 heavy (non-hydrogen) atoms. The second-order valence-electron chi connectivity index (χ2n) is 6.91. The van der Waals surface area contributed by atoms with Crippen molar-refractivity contribution in [3.63, 3.8) is 0 Å². The molecule has 0 heterocycles. The van der Waals surface area contributed by atoms with E-state index in [0.29, 0.717) is 6.54 Å². The third-order valence-electron chi connectivity index (χ3n) is 4.44. The monoisotopic (exact) mass is 385 g/mol. The van der Waals surface area contributed by atoms with Crippen molar-refractivity contribution in [2.45, 2.75) is 33.2 Å². The van der Waals surface area contributed by atoms with Crippen molar-refractivity contribution in [2.75, 3.05) is 25.0 Å². The number of halogens is 1. The summed E-state index contributed by atoms with van der Waals surface area (Å²) in [5.74, 6) is -0.632. The maximum Gasteiger partial charge on any atom is 0.238 e. The molecule has 2 amide bonds. The summed E-state index contributed by atoms with van der Waals surface area (Å²) >= 11 is 0. The minimum absolute atomic E-state index is 0.126. The zero-order valence-electron chi connectivity index (χ0n) is 16.7. The van der Waals surface area contributed by atoms with Crippen LogP contribution < -0.4 is 10.6 Å². The lowest BCUT2D eigenvalue weighted by Gasteiger charge is -2.22. The molecule has 0 aliphatic rings. The second-order valence-corrected chi connectivity index (χ2v) is 6.91. The van der Waals surface area contributed by atoms with Gasteiger partial charge in [-0.25, -0.2) is 4.39 Å². The standard InChI is InChI=1S/C22H28FN3O2/c1-4-13-26(15-22(28)25-20-8-6-5-7-16(20)2)14-21(27)24-17(3)18-9-11-19(23)12-10-18/h5-12,17H,4,13-15H2,1-3H3,(H,24,27)(H,25,28). The van der Waals surface area contributed by atoms with Gasteiger partial charge in [-0.3, -0.25) is 14.5 Å². The van der Waals surface area contributed by atoms with Crippen LogP contribution in [-0.4, -0.2) is 36.3 Å². The van der Waals surface area contributed by atoms with Gasteiger partial charge in [-0.15, -0.1) is 0 Å². The lowest BCUT2D eigenvalue weighted by atomic mass is 10.1. The summed E-state index contributed by atoms with van der Waals surface area (Å²) in [6.45, 7) is 6.69.